The fraction of sp³-hybridized carbons (Fsp3) is 0.400. The van der Waals surface area contributed by atoms with Crippen LogP contribution in [0.25, 0.3) is 0 Å². The Labute approximate surface area is 204 Å². The molecule has 0 aliphatic carbocycles. The zero-order valence-corrected chi connectivity index (χ0v) is 20.0. The van der Waals surface area contributed by atoms with Crippen LogP contribution in [0.1, 0.15) is 25.3 Å². The number of hydrogen-bond donors (Lipinski definition) is 1. The Morgan fingerprint density at radius 2 is 1.82 bits per heavy atom. The summed E-state index contributed by atoms with van der Waals surface area (Å²) in [6.07, 6.45) is 0.880. The molecular weight excluding hydrogens is 454 g/mol. The highest BCUT2D eigenvalue weighted by molar-refractivity contribution is 7.80. The molecule has 0 aromatic heterocycles. The Morgan fingerprint density at radius 3 is 2.56 bits per heavy atom. The van der Waals surface area contributed by atoms with Crippen molar-refractivity contribution in [3.63, 3.8) is 0 Å². The quantitative estimate of drug-likeness (QED) is 0.471. The number of thiocarbonyl (C=S) groups is 1. The van der Waals surface area contributed by atoms with E-state index in [9.17, 15) is 9.59 Å². The third-order valence-electron chi connectivity index (χ3n) is 5.98. The molecule has 2 fully saturated rings. The van der Waals surface area contributed by atoms with Crippen molar-refractivity contribution in [2.75, 3.05) is 31.6 Å². The van der Waals surface area contributed by atoms with Crippen LogP contribution >= 0.6 is 12.2 Å². The molecule has 9 heteroatoms. The predicted octanol–water partition coefficient (Wildman–Crippen LogP) is 3.81. The van der Waals surface area contributed by atoms with Gasteiger partial charge in [-0.05, 0) is 49.7 Å². The molecule has 1 amide bonds. The van der Waals surface area contributed by atoms with Crippen molar-refractivity contribution in [2.24, 2.45) is 0 Å². The summed E-state index contributed by atoms with van der Waals surface area (Å²) in [6, 6.07) is 16.3. The third-order valence-corrected chi connectivity index (χ3v) is 6.34. The van der Waals surface area contributed by atoms with E-state index in [1.54, 1.807) is 4.90 Å². The molecule has 2 aromatic carbocycles. The van der Waals surface area contributed by atoms with Crippen molar-refractivity contribution in [1.82, 2.24) is 9.80 Å². The number of nitrogens with zero attached hydrogens (tertiary/aromatic N) is 2. The zero-order chi connectivity index (χ0) is 23.9. The lowest BCUT2D eigenvalue weighted by Gasteiger charge is -2.38. The number of carbonyl (C=O) groups is 2. The molecule has 0 spiro atoms. The van der Waals surface area contributed by atoms with Crippen LogP contribution < -0.4 is 10.1 Å². The smallest absolute Gasteiger partial charge is 0.410 e. The number of esters is 1. The summed E-state index contributed by atoms with van der Waals surface area (Å²) in [5.41, 5.74) is 1.72. The van der Waals surface area contributed by atoms with Gasteiger partial charge < -0.3 is 24.4 Å². The zero-order valence-electron chi connectivity index (χ0n) is 19.1. The predicted molar refractivity (Wildman–Crippen MR) is 132 cm³/mol. The number of amides is 1. The van der Waals surface area contributed by atoms with E-state index < -0.39 is 18.1 Å². The molecule has 2 aliphatic rings. The summed E-state index contributed by atoms with van der Waals surface area (Å²) in [6.45, 7) is 4.00. The fourth-order valence-corrected chi connectivity index (χ4v) is 4.53. The van der Waals surface area contributed by atoms with Crippen molar-refractivity contribution < 1.29 is 23.8 Å². The van der Waals surface area contributed by atoms with Gasteiger partial charge >= 0.3 is 12.1 Å². The summed E-state index contributed by atoms with van der Waals surface area (Å²) >= 11 is 5.62. The number of para-hydroxylation sites is 2. The third kappa shape index (κ3) is 5.59. The molecule has 0 saturated carbocycles. The van der Waals surface area contributed by atoms with Crippen LogP contribution in [0.3, 0.4) is 0 Å². The Kier molecular flexibility index (Phi) is 7.84. The topological polar surface area (TPSA) is 80.3 Å². The van der Waals surface area contributed by atoms with Gasteiger partial charge in [-0.3, -0.25) is 4.90 Å². The van der Waals surface area contributed by atoms with E-state index in [2.05, 4.69) is 10.2 Å². The molecule has 1 unspecified atom stereocenters. The largest absolute Gasteiger partial charge is 0.492 e. The maximum absolute atomic E-state index is 12.7. The van der Waals surface area contributed by atoms with Crippen LogP contribution in [-0.4, -0.2) is 65.4 Å². The van der Waals surface area contributed by atoms with E-state index in [4.69, 9.17) is 26.4 Å². The normalized spacial score (nSPS) is 18.4. The minimum atomic E-state index is -0.726. The van der Waals surface area contributed by atoms with Crippen LogP contribution in [-0.2, 0) is 20.9 Å². The first-order valence-corrected chi connectivity index (χ1v) is 11.9. The Morgan fingerprint density at radius 1 is 1.12 bits per heavy atom. The number of hydrogen-bond acceptors (Lipinski definition) is 6. The van der Waals surface area contributed by atoms with Gasteiger partial charge in [0.2, 0.25) is 0 Å². The lowest BCUT2D eigenvalue weighted by atomic mass is 10.0. The molecule has 180 valence electrons. The van der Waals surface area contributed by atoms with Gasteiger partial charge in [-0.25, -0.2) is 9.59 Å². The lowest BCUT2D eigenvalue weighted by molar-refractivity contribution is -0.150. The number of anilines is 1. The molecule has 2 aromatic rings. The molecule has 0 bridgehead atoms. The van der Waals surface area contributed by atoms with Crippen molar-refractivity contribution in [3.8, 4) is 5.75 Å². The SMILES string of the molecule is CCOc1ccccc1NC(=S)N1CCC(N2C(=O)OCC2C(=O)OCc2ccccc2)CC1. The highest BCUT2D eigenvalue weighted by Gasteiger charge is 2.44. The van der Waals surface area contributed by atoms with Crippen LogP contribution in [0.5, 0.6) is 5.75 Å². The second-order valence-electron chi connectivity index (χ2n) is 8.17. The van der Waals surface area contributed by atoms with Gasteiger partial charge in [0.15, 0.2) is 11.2 Å². The molecular formula is C25H29N3O5S. The van der Waals surface area contributed by atoms with Crippen LogP contribution in [0.15, 0.2) is 54.6 Å². The summed E-state index contributed by atoms with van der Waals surface area (Å²) in [5.74, 6) is 0.306. The van der Waals surface area contributed by atoms with Gasteiger partial charge in [-0.2, -0.15) is 0 Å². The van der Waals surface area contributed by atoms with E-state index in [0.29, 0.717) is 37.7 Å². The van der Waals surface area contributed by atoms with Gasteiger partial charge in [0.25, 0.3) is 0 Å². The van der Waals surface area contributed by atoms with E-state index in [1.165, 1.54) is 0 Å². The first-order chi connectivity index (χ1) is 16.6. The average Bonchev–Trinajstić information content (AvgIpc) is 3.26. The van der Waals surface area contributed by atoms with Gasteiger partial charge in [-0.1, -0.05) is 42.5 Å². The molecule has 34 heavy (non-hydrogen) atoms. The highest BCUT2D eigenvalue weighted by Crippen LogP contribution is 2.27. The lowest BCUT2D eigenvalue weighted by Crippen LogP contribution is -2.52. The Bertz CT molecular complexity index is 1010. The first-order valence-electron chi connectivity index (χ1n) is 11.5. The number of ether oxygens (including phenoxy) is 3. The van der Waals surface area contributed by atoms with Crippen LogP contribution in [0.4, 0.5) is 10.5 Å². The minimum Gasteiger partial charge on any atom is -0.492 e. The maximum Gasteiger partial charge on any atom is 0.410 e. The van der Waals surface area contributed by atoms with Gasteiger partial charge in [0.1, 0.15) is 19.0 Å². The molecule has 0 radical (unpaired) electrons. The van der Waals surface area contributed by atoms with Crippen LogP contribution in [0.2, 0.25) is 0 Å². The van der Waals surface area contributed by atoms with Gasteiger partial charge in [-0.15, -0.1) is 0 Å². The summed E-state index contributed by atoms with van der Waals surface area (Å²) in [4.78, 5) is 28.8. The number of piperidine rings is 1. The first kappa shape index (κ1) is 23.8. The Hall–Kier alpha value is -3.33. The number of cyclic esters (lactones) is 1. The highest BCUT2D eigenvalue weighted by atomic mass is 32.1. The second kappa shape index (κ2) is 11.2. The van der Waals surface area contributed by atoms with E-state index in [0.717, 1.165) is 17.0 Å². The van der Waals surface area contributed by atoms with Crippen molar-refractivity contribution in [2.45, 2.75) is 38.5 Å². The molecule has 4 rings (SSSR count). The van der Waals surface area contributed by atoms with Gasteiger partial charge in [0, 0.05) is 19.1 Å². The van der Waals surface area contributed by atoms with Crippen molar-refractivity contribution >= 4 is 35.1 Å². The summed E-state index contributed by atoms with van der Waals surface area (Å²) in [7, 11) is 0. The maximum atomic E-state index is 12.7. The minimum absolute atomic E-state index is 0.0147. The van der Waals surface area contributed by atoms with Crippen molar-refractivity contribution in [1.29, 1.82) is 0 Å². The fourth-order valence-electron chi connectivity index (χ4n) is 4.24. The number of benzene rings is 2. The van der Waals surface area contributed by atoms with Crippen molar-refractivity contribution in [3.05, 3.63) is 60.2 Å². The number of rotatable bonds is 7. The Balaban J connectivity index is 1.32. The van der Waals surface area contributed by atoms with Crippen LogP contribution in [0, 0.1) is 0 Å². The average molecular weight is 484 g/mol. The number of carbonyl (C=O) groups excluding carboxylic acids is 2. The summed E-state index contributed by atoms with van der Waals surface area (Å²) in [5, 5.41) is 3.88. The standard InChI is InChI=1S/C25H29N3O5S/c1-2-31-22-11-7-6-10-20(22)26-24(34)27-14-12-19(13-15-27)28-21(17-33-25(28)30)23(29)32-16-18-8-4-3-5-9-18/h3-11,19,21H,2,12-17H2,1H3,(H,26,34). The van der Waals surface area contributed by atoms with E-state index in [-0.39, 0.29) is 19.3 Å². The number of nitrogens with one attached hydrogen (secondary N) is 1. The number of likely N-dealkylation sites (tertiary alicyclic amines) is 1. The summed E-state index contributed by atoms with van der Waals surface area (Å²) < 4.78 is 16.3. The second-order valence-corrected chi connectivity index (χ2v) is 8.56. The molecule has 2 saturated heterocycles. The molecule has 2 heterocycles. The molecule has 1 N–H and O–H groups in total. The monoisotopic (exact) mass is 483 g/mol. The molecule has 1 atom stereocenters. The molecule has 2 aliphatic heterocycles. The van der Waals surface area contributed by atoms with E-state index >= 15 is 0 Å². The van der Waals surface area contributed by atoms with Gasteiger partial charge in [0.05, 0.1) is 12.3 Å². The van der Waals surface area contributed by atoms with E-state index in [1.807, 2.05) is 61.5 Å². The molecule has 8 nitrogen and oxygen atoms in total.